The largest absolute Gasteiger partial charge is 0.326 e. The molecule has 0 saturated carbocycles. The van der Waals surface area contributed by atoms with Gasteiger partial charge < -0.3 is 10.3 Å². The van der Waals surface area contributed by atoms with Crippen LogP contribution in [0, 0.1) is 12.7 Å². The van der Waals surface area contributed by atoms with Crippen molar-refractivity contribution < 1.29 is 4.39 Å². The van der Waals surface area contributed by atoms with Gasteiger partial charge in [0.2, 0.25) is 0 Å². The zero-order chi connectivity index (χ0) is 12.4. The SMILES string of the molecule is Cc1ncc(CN)n1Cc1cccc(Cl)c1F. The van der Waals surface area contributed by atoms with Gasteiger partial charge >= 0.3 is 0 Å². The van der Waals surface area contributed by atoms with Gasteiger partial charge in [0.05, 0.1) is 17.3 Å². The normalized spacial score (nSPS) is 10.8. The van der Waals surface area contributed by atoms with Crippen molar-refractivity contribution >= 4 is 11.6 Å². The molecule has 3 nitrogen and oxygen atoms in total. The van der Waals surface area contributed by atoms with E-state index < -0.39 is 0 Å². The number of aromatic nitrogens is 2. The van der Waals surface area contributed by atoms with Gasteiger partial charge in [-0.3, -0.25) is 0 Å². The number of nitrogens with two attached hydrogens (primary N) is 1. The second-order valence-corrected chi connectivity index (χ2v) is 4.21. The van der Waals surface area contributed by atoms with Gasteiger partial charge in [-0.1, -0.05) is 23.7 Å². The first-order valence-electron chi connectivity index (χ1n) is 5.27. The summed E-state index contributed by atoms with van der Waals surface area (Å²) >= 11 is 5.74. The van der Waals surface area contributed by atoms with Gasteiger partial charge in [0, 0.05) is 18.3 Å². The molecule has 1 heterocycles. The highest BCUT2D eigenvalue weighted by Gasteiger charge is 2.10. The molecule has 1 aromatic heterocycles. The van der Waals surface area contributed by atoms with Gasteiger partial charge in [0.1, 0.15) is 11.6 Å². The topological polar surface area (TPSA) is 43.8 Å². The Balaban J connectivity index is 2.37. The number of benzene rings is 1. The maximum absolute atomic E-state index is 13.8. The average molecular weight is 254 g/mol. The summed E-state index contributed by atoms with van der Waals surface area (Å²) in [6, 6.07) is 4.97. The number of aryl methyl sites for hydroxylation is 1. The van der Waals surface area contributed by atoms with Crippen LogP contribution in [0.15, 0.2) is 24.4 Å². The standard InChI is InChI=1S/C12H13ClFN3/c1-8-16-6-10(5-15)17(8)7-9-3-2-4-11(13)12(9)14/h2-4,6H,5,7,15H2,1H3. The fourth-order valence-electron chi connectivity index (χ4n) is 1.73. The summed E-state index contributed by atoms with van der Waals surface area (Å²) in [5.41, 5.74) is 7.02. The first-order chi connectivity index (χ1) is 8.13. The quantitative estimate of drug-likeness (QED) is 0.913. The summed E-state index contributed by atoms with van der Waals surface area (Å²) in [4.78, 5) is 4.16. The van der Waals surface area contributed by atoms with Crippen LogP contribution in [-0.2, 0) is 13.1 Å². The Bertz CT molecular complexity index is 537. The van der Waals surface area contributed by atoms with E-state index in [1.165, 1.54) is 6.07 Å². The van der Waals surface area contributed by atoms with Crippen LogP contribution in [0.5, 0.6) is 0 Å². The maximum atomic E-state index is 13.8. The minimum absolute atomic E-state index is 0.134. The number of hydrogen-bond donors (Lipinski definition) is 1. The molecule has 0 amide bonds. The molecule has 2 aromatic rings. The van der Waals surface area contributed by atoms with E-state index in [4.69, 9.17) is 17.3 Å². The molecule has 90 valence electrons. The summed E-state index contributed by atoms with van der Waals surface area (Å²) in [6.45, 7) is 2.63. The van der Waals surface area contributed by atoms with Gasteiger partial charge in [0.25, 0.3) is 0 Å². The van der Waals surface area contributed by atoms with Gasteiger partial charge in [-0.15, -0.1) is 0 Å². The molecule has 1 aromatic carbocycles. The Morgan fingerprint density at radius 3 is 2.94 bits per heavy atom. The molecular formula is C12H13ClFN3. The Morgan fingerprint density at radius 2 is 2.24 bits per heavy atom. The highest BCUT2D eigenvalue weighted by atomic mass is 35.5. The van der Waals surface area contributed by atoms with Crippen molar-refractivity contribution in [2.45, 2.75) is 20.0 Å². The predicted octanol–water partition coefficient (Wildman–Crippen LogP) is 2.49. The highest BCUT2D eigenvalue weighted by Crippen LogP contribution is 2.19. The first-order valence-corrected chi connectivity index (χ1v) is 5.65. The number of halogens is 2. The number of rotatable bonds is 3. The highest BCUT2D eigenvalue weighted by molar-refractivity contribution is 6.30. The average Bonchev–Trinajstić information content (AvgIpc) is 2.66. The smallest absolute Gasteiger partial charge is 0.146 e. The lowest BCUT2D eigenvalue weighted by Crippen LogP contribution is -2.10. The van der Waals surface area contributed by atoms with Crippen molar-refractivity contribution in [2.75, 3.05) is 0 Å². The third-order valence-corrected chi connectivity index (χ3v) is 3.00. The lowest BCUT2D eigenvalue weighted by molar-refractivity contribution is 0.592. The van der Waals surface area contributed by atoms with Gasteiger partial charge in [-0.25, -0.2) is 9.37 Å². The second kappa shape index (κ2) is 4.85. The zero-order valence-corrected chi connectivity index (χ0v) is 10.2. The lowest BCUT2D eigenvalue weighted by atomic mass is 10.2. The first kappa shape index (κ1) is 12.1. The molecule has 5 heteroatoms. The van der Waals surface area contributed by atoms with Crippen LogP contribution in [0.25, 0.3) is 0 Å². The monoisotopic (exact) mass is 253 g/mol. The molecule has 0 unspecified atom stereocenters. The molecule has 0 atom stereocenters. The molecular weight excluding hydrogens is 241 g/mol. The summed E-state index contributed by atoms with van der Waals surface area (Å²) < 4.78 is 15.6. The van der Waals surface area contributed by atoms with E-state index in [1.807, 2.05) is 11.5 Å². The van der Waals surface area contributed by atoms with Crippen LogP contribution in [0.3, 0.4) is 0 Å². The molecule has 0 saturated heterocycles. The van der Waals surface area contributed by atoms with E-state index in [1.54, 1.807) is 18.3 Å². The van der Waals surface area contributed by atoms with Gasteiger partial charge in [-0.05, 0) is 13.0 Å². The van der Waals surface area contributed by atoms with Gasteiger partial charge in [0.15, 0.2) is 0 Å². The molecule has 0 aliphatic heterocycles. The minimum Gasteiger partial charge on any atom is -0.326 e. The number of hydrogen-bond acceptors (Lipinski definition) is 2. The third-order valence-electron chi connectivity index (χ3n) is 2.71. The van der Waals surface area contributed by atoms with Gasteiger partial charge in [-0.2, -0.15) is 0 Å². The number of imidazole rings is 1. The van der Waals surface area contributed by atoms with Crippen LogP contribution in [-0.4, -0.2) is 9.55 Å². The summed E-state index contributed by atoms with van der Waals surface area (Å²) in [7, 11) is 0. The Kier molecular flexibility index (Phi) is 3.45. The Labute approximate surface area is 104 Å². The van der Waals surface area contributed by atoms with E-state index in [0.29, 0.717) is 18.7 Å². The molecule has 2 rings (SSSR count). The molecule has 0 aliphatic carbocycles. The van der Waals surface area contributed by atoms with E-state index in [9.17, 15) is 4.39 Å². The van der Waals surface area contributed by atoms with Crippen molar-refractivity contribution in [3.63, 3.8) is 0 Å². The molecule has 0 fully saturated rings. The van der Waals surface area contributed by atoms with Crippen LogP contribution in [0.1, 0.15) is 17.1 Å². The van der Waals surface area contributed by atoms with E-state index in [2.05, 4.69) is 4.98 Å². The van der Waals surface area contributed by atoms with Crippen molar-refractivity contribution in [3.8, 4) is 0 Å². The van der Waals surface area contributed by atoms with Crippen LogP contribution in [0.4, 0.5) is 4.39 Å². The maximum Gasteiger partial charge on any atom is 0.146 e. The lowest BCUT2D eigenvalue weighted by Gasteiger charge is -2.10. The van der Waals surface area contributed by atoms with Crippen molar-refractivity contribution in [1.82, 2.24) is 9.55 Å². The van der Waals surface area contributed by atoms with Crippen molar-refractivity contribution in [1.29, 1.82) is 0 Å². The van der Waals surface area contributed by atoms with Crippen molar-refractivity contribution in [3.05, 3.63) is 52.3 Å². The van der Waals surface area contributed by atoms with E-state index in [-0.39, 0.29) is 10.8 Å². The van der Waals surface area contributed by atoms with Crippen LogP contribution in [0.2, 0.25) is 5.02 Å². The van der Waals surface area contributed by atoms with Crippen molar-refractivity contribution in [2.24, 2.45) is 5.73 Å². The zero-order valence-electron chi connectivity index (χ0n) is 9.45. The predicted molar refractivity (Wildman–Crippen MR) is 65.4 cm³/mol. The molecule has 17 heavy (non-hydrogen) atoms. The Morgan fingerprint density at radius 1 is 1.47 bits per heavy atom. The molecule has 0 aliphatic rings. The summed E-state index contributed by atoms with van der Waals surface area (Å²) in [5.74, 6) is 0.426. The molecule has 0 bridgehead atoms. The fraction of sp³-hybridized carbons (Fsp3) is 0.250. The van der Waals surface area contributed by atoms with E-state index in [0.717, 1.165) is 11.5 Å². The summed E-state index contributed by atoms with van der Waals surface area (Å²) in [5, 5.41) is 0.134. The Hall–Kier alpha value is -1.39. The van der Waals surface area contributed by atoms with E-state index >= 15 is 0 Å². The minimum atomic E-state index is -0.384. The summed E-state index contributed by atoms with van der Waals surface area (Å²) in [6.07, 6.45) is 1.71. The second-order valence-electron chi connectivity index (χ2n) is 3.80. The number of nitrogens with zero attached hydrogens (tertiary/aromatic N) is 2. The molecule has 0 spiro atoms. The van der Waals surface area contributed by atoms with Crippen LogP contribution < -0.4 is 5.73 Å². The third kappa shape index (κ3) is 2.33. The fourth-order valence-corrected chi connectivity index (χ4v) is 1.93. The molecule has 0 radical (unpaired) electrons. The molecule has 2 N–H and O–H groups in total. The van der Waals surface area contributed by atoms with Crippen LogP contribution >= 0.6 is 11.6 Å².